The molecule has 12 heteroatoms. The smallest absolute Gasteiger partial charge is 0.312 e. The number of para-hydroxylation sites is 2. The van der Waals surface area contributed by atoms with Crippen LogP contribution >= 0.6 is 0 Å². The van der Waals surface area contributed by atoms with E-state index in [1.807, 2.05) is 35.8 Å². The van der Waals surface area contributed by atoms with Crippen molar-refractivity contribution < 1.29 is 23.2 Å². The van der Waals surface area contributed by atoms with Gasteiger partial charge in [-0.3, -0.25) is 19.6 Å². The Morgan fingerprint density at radius 2 is 1.83 bits per heavy atom. The summed E-state index contributed by atoms with van der Waals surface area (Å²) < 4.78 is 29.5. The Hall–Kier alpha value is -4.45. The summed E-state index contributed by atoms with van der Waals surface area (Å²) in [6.45, 7) is 2.81. The number of nitro benzene ring substituents is 1. The number of hydrogen-bond acceptors (Lipinski definition) is 7. The fraction of sp³-hybridized carbons (Fsp3) is 0.130. The van der Waals surface area contributed by atoms with Gasteiger partial charge in [-0.15, -0.1) is 0 Å². The number of anilines is 1. The van der Waals surface area contributed by atoms with E-state index in [1.54, 1.807) is 0 Å². The van der Waals surface area contributed by atoms with Gasteiger partial charge in [-0.2, -0.15) is 0 Å². The average molecular weight is 496 g/mol. The van der Waals surface area contributed by atoms with Gasteiger partial charge in [0, 0.05) is 30.4 Å². The highest BCUT2D eigenvalue weighted by molar-refractivity contribution is 7.92. The number of nitrogens with one attached hydrogen (secondary N) is 2. The van der Waals surface area contributed by atoms with Crippen molar-refractivity contribution in [2.75, 3.05) is 11.3 Å². The molecule has 0 saturated heterocycles. The molecule has 1 aromatic heterocycles. The molecule has 11 nitrogen and oxygen atoms in total. The van der Waals surface area contributed by atoms with Crippen LogP contribution in [0, 0.1) is 17.0 Å². The van der Waals surface area contributed by atoms with Gasteiger partial charge in [-0.05, 0) is 55.5 Å². The number of imidazole rings is 1. The normalized spacial score (nSPS) is 11.3. The van der Waals surface area contributed by atoms with Crippen LogP contribution in [-0.2, 0) is 16.6 Å². The minimum absolute atomic E-state index is 0.165. The van der Waals surface area contributed by atoms with Gasteiger partial charge in [-0.25, -0.2) is 13.4 Å². The quantitative estimate of drug-likeness (QED) is 0.250. The number of nitrogens with zero attached hydrogens (tertiary/aromatic N) is 3. The maximum Gasteiger partial charge on any atom is 0.312 e. The van der Waals surface area contributed by atoms with Crippen LogP contribution in [0.5, 0.6) is 5.75 Å². The van der Waals surface area contributed by atoms with Crippen LogP contribution in [0.25, 0.3) is 11.0 Å². The molecule has 1 heterocycles. The molecule has 35 heavy (non-hydrogen) atoms. The zero-order chi connectivity index (χ0) is 25.2. The Morgan fingerprint density at radius 1 is 1.11 bits per heavy atom. The summed E-state index contributed by atoms with van der Waals surface area (Å²) >= 11 is 0. The van der Waals surface area contributed by atoms with E-state index in [0.717, 1.165) is 35.1 Å². The molecular formula is C23H21N5O6S. The number of carbonyl (C=O) groups is 1. The lowest BCUT2D eigenvalue weighted by atomic mass is 10.2. The van der Waals surface area contributed by atoms with Crippen LogP contribution < -0.4 is 10.0 Å². The molecule has 0 unspecified atom stereocenters. The maximum absolute atomic E-state index is 12.6. The van der Waals surface area contributed by atoms with Gasteiger partial charge >= 0.3 is 5.69 Å². The van der Waals surface area contributed by atoms with Crippen molar-refractivity contribution in [3.8, 4) is 5.75 Å². The van der Waals surface area contributed by atoms with E-state index in [2.05, 4.69) is 15.0 Å². The van der Waals surface area contributed by atoms with Crippen molar-refractivity contribution in [3.05, 3.63) is 88.2 Å². The van der Waals surface area contributed by atoms with Crippen molar-refractivity contribution in [2.24, 2.45) is 0 Å². The van der Waals surface area contributed by atoms with E-state index in [1.165, 1.54) is 24.3 Å². The second kappa shape index (κ2) is 9.43. The first-order valence-corrected chi connectivity index (χ1v) is 11.9. The summed E-state index contributed by atoms with van der Waals surface area (Å²) in [6.07, 6.45) is 0. The van der Waals surface area contributed by atoms with Crippen LogP contribution in [0.4, 0.5) is 11.4 Å². The number of sulfonamides is 1. The summed E-state index contributed by atoms with van der Waals surface area (Å²) in [5, 5.41) is 23.3. The van der Waals surface area contributed by atoms with E-state index < -0.39 is 26.4 Å². The SMILES string of the molecule is Cc1nc2ccccc2n1CCNC(=O)c1ccc(NS(=O)(=O)c2ccc(O)c([N+](=O)[O-])c2)cc1. The summed E-state index contributed by atoms with van der Waals surface area (Å²) in [6, 6.07) is 16.2. The van der Waals surface area contributed by atoms with Gasteiger partial charge < -0.3 is 15.0 Å². The predicted octanol–water partition coefficient (Wildman–Crippen LogP) is 3.19. The molecule has 0 aliphatic heterocycles. The zero-order valence-corrected chi connectivity index (χ0v) is 19.3. The number of rotatable bonds is 8. The highest BCUT2D eigenvalue weighted by Crippen LogP contribution is 2.29. The first-order valence-electron chi connectivity index (χ1n) is 10.5. The van der Waals surface area contributed by atoms with Gasteiger partial charge in [0.15, 0.2) is 5.75 Å². The first kappa shape index (κ1) is 23.7. The molecule has 3 N–H and O–H groups in total. The van der Waals surface area contributed by atoms with Crippen molar-refractivity contribution in [1.82, 2.24) is 14.9 Å². The number of benzene rings is 3. The molecule has 1 amide bonds. The Kier molecular flexibility index (Phi) is 6.38. The second-order valence-electron chi connectivity index (χ2n) is 7.65. The number of aromatic nitrogens is 2. The first-order chi connectivity index (χ1) is 16.7. The van der Waals surface area contributed by atoms with Crippen molar-refractivity contribution in [3.63, 3.8) is 0 Å². The predicted molar refractivity (Wildman–Crippen MR) is 129 cm³/mol. The van der Waals surface area contributed by atoms with E-state index in [0.29, 0.717) is 18.7 Å². The monoisotopic (exact) mass is 495 g/mol. The number of aryl methyl sites for hydroxylation is 1. The lowest BCUT2D eigenvalue weighted by Gasteiger charge is -2.10. The van der Waals surface area contributed by atoms with Crippen molar-refractivity contribution >= 4 is 38.3 Å². The minimum atomic E-state index is -4.16. The van der Waals surface area contributed by atoms with E-state index in [4.69, 9.17) is 0 Å². The Morgan fingerprint density at radius 3 is 2.54 bits per heavy atom. The van der Waals surface area contributed by atoms with Crippen LogP contribution in [0.1, 0.15) is 16.2 Å². The van der Waals surface area contributed by atoms with E-state index in [9.17, 15) is 28.4 Å². The third kappa shape index (κ3) is 5.06. The van der Waals surface area contributed by atoms with Crippen LogP contribution in [-0.4, -0.2) is 40.5 Å². The fourth-order valence-electron chi connectivity index (χ4n) is 3.58. The Balaban J connectivity index is 1.39. The number of hydrogen-bond donors (Lipinski definition) is 3. The molecule has 0 bridgehead atoms. The average Bonchev–Trinajstić information content (AvgIpc) is 3.14. The molecule has 3 aromatic carbocycles. The van der Waals surface area contributed by atoms with Gasteiger partial charge in [0.1, 0.15) is 5.82 Å². The zero-order valence-electron chi connectivity index (χ0n) is 18.5. The molecule has 0 saturated carbocycles. The molecular weight excluding hydrogens is 474 g/mol. The van der Waals surface area contributed by atoms with Gasteiger partial charge in [-0.1, -0.05) is 12.1 Å². The molecule has 0 atom stereocenters. The topological polar surface area (TPSA) is 156 Å². The largest absolute Gasteiger partial charge is 0.502 e. The Labute approximate surface area is 200 Å². The number of phenolic OH excluding ortho intramolecular Hbond substituents is 1. The van der Waals surface area contributed by atoms with Gasteiger partial charge in [0.05, 0.1) is 20.9 Å². The molecule has 0 radical (unpaired) electrons. The van der Waals surface area contributed by atoms with Gasteiger partial charge in [0.25, 0.3) is 15.9 Å². The summed E-state index contributed by atoms with van der Waals surface area (Å²) in [5.41, 5.74) is 1.64. The molecule has 180 valence electrons. The summed E-state index contributed by atoms with van der Waals surface area (Å²) in [7, 11) is -4.16. The molecule has 0 aliphatic rings. The maximum atomic E-state index is 12.6. The van der Waals surface area contributed by atoms with E-state index in [-0.39, 0.29) is 16.5 Å². The lowest BCUT2D eigenvalue weighted by molar-refractivity contribution is -0.386. The standard InChI is InChI=1S/C23H21N5O6S/c1-15-25-19-4-2-3-5-20(19)27(15)13-12-24-23(30)16-6-8-17(9-7-16)26-35(33,34)18-10-11-22(29)21(14-18)28(31)32/h2-11,14,26,29H,12-13H2,1H3,(H,24,30). The summed E-state index contributed by atoms with van der Waals surface area (Å²) in [5.74, 6) is -0.118. The highest BCUT2D eigenvalue weighted by atomic mass is 32.2. The van der Waals surface area contributed by atoms with Crippen LogP contribution in [0.15, 0.2) is 71.6 Å². The van der Waals surface area contributed by atoms with Crippen molar-refractivity contribution in [2.45, 2.75) is 18.4 Å². The number of nitro groups is 1. The fourth-order valence-corrected chi connectivity index (χ4v) is 4.66. The van der Waals surface area contributed by atoms with Crippen LogP contribution in [0.3, 0.4) is 0 Å². The Bertz CT molecular complexity index is 1530. The molecule has 4 rings (SSSR count). The number of phenols is 1. The third-order valence-corrected chi connectivity index (χ3v) is 6.70. The minimum Gasteiger partial charge on any atom is -0.502 e. The number of amides is 1. The molecule has 4 aromatic rings. The third-order valence-electron chi connectivity index (χ3n) is 5.32. The number of carbonyl (C=O) groups excluding carboxylic acids is 1. The van der Waals surface area contributed by atoms with Gasteiger partial charge in [0.2, 0.25) is 0 Å². The second-order valence-corrected chi connectivity index (χ2v) is 9.33. The number of fused-ring (bicyclic) bond motifs is 1. The summed E-state index contributed by atoms with van der Waals surface area (Å²) in [4.78, 5) is 26.7. The lowest BCUT2D eigenvalue weighted by Crippen LogP contribution is -2.27. The molecule has 0 aliphatic carbocycles. The van der Waals surface area contributed by atoms with E-state index >= 15 is 0 Å². The number of aromatic hydroxyl groups is 1. The molecule has 0 fully saturated rings. The molecule has 0 spiro atoms. The highest BCUT2D eigenvalue weighted by Gasteiger charge is 2.21. The van der Waals surface area contributed by atoms with Crippen LogP contribution in [0.2, 0.25) is 0 Å². The van der Waals surface area contributed by atoms with Crippen molar-refractivity contribution in [1.29, 1.82) is 0 Å².